The van der Waals surface area contributed by atoms with Crippen molar-refractivity contribution in [3.63, 3.8) is 0 Å². The molecule has 0 bridgehead atoms. The average molecular weight is 417 g/mol. The summed E-state index contributed by atoms with van der Waals surface area (Å²) in [7, 11) is 3.80. The summed E-state index contributed by atoms with van der Waals surface area (Å²) < 4.78 is 2.08. The molecular formula is C25H28N4O2. The van der Waals surface area contributed by atoms with Gasteiger partial charge in [0.05, 0.1) is 12.5 Å². The van der Waals surface area contributed by atoms with Crippen molar-refractivity contribution < 1.29 is 9.59 Å². The summed E-state index contributed by atoms with van der Waals surface area (Å²) in [5.74, 6) is 0.0189. The van der Waals surface area contributed by atoms with Crippen LogP contribution in [0.2, 0.25) is 0 Å². The van der Waals surface area contributed by atoms with E-state index >= 15 is 0 Å². The molecule has 6 nitrogen and oxygen atoms in total. The second kappa shape index (κ2) is 9.08. The number of nitrogens with one attached hydrogen (secondary N) is 1. The highest BCUT2D eigenvalue weighted by Crippen LogP contribution is 2.32. The highest BCUT2D eigenvalue weighted by Gasteiger charge is 2.31. The van der Waals surface area contributed by atoms with Gasteiger partial charge in [0.2, 0.25) is 5.91 Å². The lowest BCUT2D eigenvalue weighted by atomic mass is 10.1. The lowest BCUT2D eigenvalue weighted by molar-refractivity contribution is -0.117. The van der Waals surface area contributed by atoms with Gasteiger partial charge in [-0.05, 0) is 54.8 Å². The summed E-state index contributed by atoms with van der Waals surface area (Å²) in [6.45, 7) is 0.750. The molecule has 6 heteroatoms. The van der Waals surface area contributed by atoms with Crippen LogP contribution in [0.25, 0.3) is 0 Å². The number of amides is 3. The Labute approximate surface area is 183 Å². The van der Waals surface area contributed by atoms with E-state index in [0.717, 1.165) is 42.0 Å². The van der Waals surface area contributed by atoms with Gasteiger partial charge >= 0.3 is 6.03 Å². The number of carbonyl (C=O) groups excluding carboxylic acids is 2. The number of urea groups is 1. The predicted octanol–water partition coefficient (Wildman–Crippen LogP) is 4.60. The summed E-state index contributed by atoms with van der Waals surface area (Å²) in [6.07, 6.45) is 4.29. The maximum Gasteiger partial charge on any atom is 0.322 e. The molecule has 3 amide bonds. The molecule has 1 N–H and O–H groups in total. The minimum Gasteiger partial charge on any atom is -0.353 e. The molecule has 1 unspecified atom stereocenters. The van der Waals surface area contributed by atoms with E-state index in [2.05, 4.69) is 16.0 Å². The molecule has 31 heavy (non-hydrogen) atoms. The van der Waals surface area contributed by atoms with Crippen molar-refractivity contribution in [3.8, 4) is 0 Å². The second-order valence-electron chi connectivity index (χ2n) is 7.99. The summed E-state index contributed by atoms with van der Waals surface area (Å²) in [4.78, 5) is 29.0. The monoisotopic (exact) mass is 416 g/mol. The van der Waals surface area contributed by atoms with Gasteiger partial charge in [0.1, 0.15) is 0 Å². The first-order valence-electron chi connectivity index (χ1n) is 10.6. The van der Waals surface area contributed by atoms with Gasteiger partial charge < -0.3 is 19.7 Å². The Balaban J connectivity index is 1.36. The fraction of sp³-hybridized carbons (Fsp3) is 0.280. The Hall–Kier alpha value is -3.54. The first-order valence-corrected chi connectivity index (χ1v) is 10.6. The van der Waals surface area contributed by atoms with E-state index in [4.69, 9.17) is 0 Å². The van der Waals surface area contributed by atoms with Crippen LogP contribution in [0.3, 0.4) is 0 Å². The number of aromatic nitrogens is 1. The fourth-order valence-electron chi connectivity index (χ4n) is 4.13. The molecule has 1 aliphatic rings. The van der Waals surface area contributed by atoms with Crippen molar-refractivity contribution in [3.05, 3.63) is 84.2 Å². The molecule has 1 aliphatic heterocycles. The van der Waals surface area contributed by atoms with Gasteiger partial charge in [-0.15, -0.1) is 0 Å². The van der Waals surface area contributed by atoms with Crippen LogP contribution >= 0.6 is 0 Å². The van der Waals surface area contributed by atoms with Crippen molar-refractivity contribution >= 4 is 23.3 Å². The number of aryl methyl sites for hydroxylation is 1. The normalized spacial score (nSPS) is 15.7. The van der Waals surface area contributed by atoms with Crippen LogP contribution < -0.4 is 10.2 Å². The molecule has 2 heterocycles. The molecule has 4 rings (SSSR count). The molecule has 1 aromatic heterocycles. The lowest BCUT2D eigenvalue weighted by Gasteiger charge is -2.25. The maximum atomic E-state index is 12.9. The Bertz CT molecular complexity index is 1040. The van der Waals surface area contributed by atoms with E-state index in [0.29, 0.717) is 6.42 Å². The maximum absolute atomic E-state index is 12.9. The van der Waals surface area contributed by atoms with Gasteiger partial charge in [-0.25, -0.2) is 4.79 Å². The molecule has 1 saturated heterocycles. The third-order valence-corrected chi connectivity index (χ3v) is 5.92. The fourth-order valence-corrected chi connectivity index (χ4v) is 4.13. The van der Waals surface area contributed by atoms with Gasteiger partial charge in [-0.2, -0.15) is 0 Å². The number of hydrogen-bond acceptors (Lipinski definition) is 2. The molecule has 2 aromatic carbocycles. The molecule has 0 radical (unpaired) electrons. The first-order chi connectivity index (χ1) is 15.0. The average Bonchev–Trinajstić information content (AvgIpc) is 3.43. The topological polar surface area (TPSA) is 57.6 Å². The number of anilines is 2. The van der Waals surface area contributed by atoms with E-state index in [1.165, 1.54) is 0 Å². The zero-order valence-corrected chi connectivity index (χ0v) is 18.0. The second-order valence-corrected chi connectivity index (χ2v) is 7.99. The van der Waals surface area contributed by atoms with Crippen LogP contribution in [0, 0.1) is 0 Å². The number of carbonyl (C=O) groups is 2. The SMILES string of the molecule is CN(C(=O)Cc1ccc(NC(=O)N2CCCC2c2cccn2C)cc1)c1ccccc1. The Kier molecular flexibility index (Phi) is 6.07. The van der Waals surface area contributed by atoms with Gasteiger partial charge in [0.15, 0.2) is 0 Å². The summed E-state index contributed by atoms with van der Waals surface area (Å²) in [6, 6.07) is 21.2. The zero-order chi connectivity index (χ0) is 21.8. The van der Waals surface area contributed by atoms with E-state index in [1.54, 1.807) is 11.9 Å². The standard InChI is InChI=1S/C25H28N4O2/c1-27-16-6-10-22(27)23-11-7-17-29(23)25(31)26-20-14-12-19(13-15-20)18-24(30)28(2)21-8-4-3-5-9-21/h3-6,8-10,12-16,23H,7,11,17-18H2,1-2H3,(H,26,31). The largest absolute Gasteiger partial charge is 0.353 e. The van der Waals surface area contributed by atoms with Crippen LogP contribution in [0.1, 0.15) is 30.1 Å². The summed E-state index contributed by atoms with van der Waals surface area (Å²) in [5, 5.41) is 3.01. The molecular weight excluding hydrogens is 388 g/mol. The van der Waals surface area contributed by atoms with E-state index in [1.807, 2.05) is 78.8 Å². The third-order valence-electron chi connectivity index (χ3n) is 5.92. The number of rotatable bonds is 5. The molecule has 0 aliphatic carbocycles. The molecule has 1 fully saturated rings. The smallest absolute Gasteiger partial charge is 0.322 e. The molecule has 160 valence electrons. The minimum absolute atomic E-state index is 0.0189. The summed E-state index contributed by atoms with van der Waals surface area (Å²) in [5.41, 5.74) is 3.67. The van der Waals surface area contributed by atoms with Crippen LogP contribution in [-0.4, -0.2) is 35.0 Å². The van der Waals surface area contributed by atoms with Crippen LogP contribution in [0.5, 0.6) is 0 Å². The van der Waals surface area contributed by atoms with Gasteiger partial charge in [-0.3, -0.25) is 4.79 Å². The van der Waals surface area contributed by atoms with Crippen LogP contribution in [-0.2, 0) is 18.3 Å². The molecule has 0 saturated carbocycles. The zero-order valence-electron chi connectivity index (χ0n) is 18.0. The minimum atomic E-state index is -0.0867. The number of hydrogen-bond donors (Lipinski definition) is 1. The van der Waals surface area contributed by atoms with Crippen LogP contribution in [0.4, 0.5) is 16.2 Å². The van der Waals surface area contributed by atoms with Crippen molar-refractivity contribution in [2.75, 3.05) is 23.8 Å². The first kappa shape index (κ1) is 20.7. The highest BCUT2D eigenvalue weighted by atomic mass is 16.2. The Morgan fingerprint density at radius 1 is 1.03 bits per heavy atom. The number of likely N-dealkylation sites (tertiary alicyclic amines) is 1. The predicted molar refractivity (Wildman–Crippen MR) is 123 cm³/mol. The molecule has 1 atom stereocenters. The number of benzene rings is 2. The van der Waals surface area contributed by atoms with E-state index in [9.17, 15) is 9.59 Å². The van der Waals surface area contributed by atoms with Gasteiger partial charge in [0, 0.05) is 43.9 Å². The van der Waals surface area contributed by atoms with E-state index < -0.39 is 0 Å². The van der Waals surface area contributed by atoms with Crippen LogP contribution in [0.15, 0.2) is 72.9 Å². The van der Waals surface area contributed by atoms with Crippen molar-refractivity contribution in [2.45, 2.75) is 25.3 Å². The number of para-hydroxylation sites is 1. The van der Waals surface area contributed by atoms with Gasteiger partial charge in [-0.1, -0.05) is 30.3 Å². The molecule has 0 spiro atoms. The van der Waals surface area contributed by atoms with Crippen molar-refractivity contribution in [1.82, 2.24) is 9.47 Å². The van der Waals surface area contributed by atoms with E-state index in [-0.39, 0.29) is 18.0 Å². The van der Waals surface area contributed by atoms with Crippen molar-refractivity contribution in [1.29, 1.82) is 0 Å². The molecule has 3 aromatic rings. The Morgan fingerprint density at radius 3 is 2.45 bits per heavy atom. The highest BCUT2D eigenvalue weighted by molar-refractivity contribution is 5.94. The number of likely N-dealkylation sites (N-methyl/N-ethyl adjacent to an activating group) is 1. The Morgan fingerprint density at radius 2 is 1.77 bits per heavy atom. The summed E-state index contributed by atoms with van der Waals surface area (Å²) >= 11 is 0. The third kappa shape index (κ3) is 4.63. The lowest BCUT2D eigenvalue weighted by Crippen LogP contribution is -2.35. The quantitative estimate of drug-likeness (QED) is 0.661. The van der Waals surface area contributed by atoms with Crippen molar-refractivity contribution in [2.24, 2.45) is 7.05 Å². The number of nitrogens with zero attached hydrogens (tertiary/aromatic N) is 3. The van der Waals surface area contributed by atoms with Gasteiger partial charge in [0.25, 0.3) is 0 Å².